The van der Waals surface area contributed by atoms with Gasteiger partial charge >= 0.3 is 6.09 Å². The summed E-state index contributed by atoms with van der Waals surface area (Å²) >= 11 is 5.86. The number of rotatable bonds is 2. The maximum absolute atomic E-state index is 11.1. The van der Waals surface area contributed by atoms with Crippen LogP contribution in [0.5, 0.6) is 0 Å². The highest BCUT2D eigenvalue weighted by molar-refractivity contribution is 6.29. The summed E-state index contributed by atoms with van der Waals surface area (Å²) in [5.74, 6) is 0.792. The molecule has 1 fully saturated rings. The summed E-state index contributed by atoms with van der Waals surface area (Å²) in [6, 6.07) is 3.55. The van der Waals surface area contributed by atoms with E-state index in [9.17, 15) is 4.79 Å². The second-order valence-corrected chi connectivity index (χ2v) is 6.06. The average molecular weight is 336 g/mol. The van der Waals surface area contributed by atoms with Gasteiger partial charge in [-0.15, -0.1) is 0 Å². The number of halogens is 1. The Hall–Kier alpha value is -2.15. The molecule has 0 spiro atoms. The summed E-state index contributed by atoms with van der Waals surface area (Å²) in [5, 5.41) is 9.52. The van der Waals surface area contributed by atoms with Crippen molar-refractivity contribution in [3.8, 4) is 0 Å². The summed E-state index contributed by atoms with van der Waals surface area (Å²) in [6.07, 6.45) is 3.38. The van der Waals surface area contributed by atoms with E-state index >= 15 is 0 Å². The van der Waals surface area contributed by atoms with Gasteiger partial charge in [0.25, 0.3) is 0 Å². The summed E-state index contributed by atoms with van der Waals surface area (Å²) in [5.41, 5.74) is 1.23. The van der Waals surface area contributed by atoms with Gasteiger partial charge in [-0.05, 0) is 31.4 Å². The quantitative estimate of drug-likeness (QED) is 0.849. The number of hydrogen-bond acceptors (Lipinski definition) is 5. The number of anilines is 1. The highest BCUT2D eigenvalue weighted by Crippen LogP contribution is 2.21. The van der Waals surface area contributed by atoms with Gasteiger partial charge in [0.2, 0.25) is 0 Å². The standard InChI is InChI=1S/C15H18ClN5O2/c1-20(15(22)23)10-3-2-7-21(8-6-10)13-9-17-14-11(18-13)4-5-12(16)19-14/h4-5,9-10H,2-3,6-8H2,1H3,(H,22,23). The van der Waals surface area contributed by atoms with E-state index in [-0.39, 0.29) is 6.04 Å². The maximum Gasteiger partial charge on any atom is 0.407 e. The third kappa shape index (κ3) is 3.44. The lowest BCUT2D eigenvalue weighted by molar-refractivity contribution is 0.135. The molecule has 1 atom stereocenters. The predicted octanol–water partition coefficient (Wildman–Crippen LogP) is 2.65. The van der Waals surface area contributed by atoms with Crippen molar-refractivity contribution in [1.29, 1.82) is 0 Å². The van der Waals surface area contributed by atoms with Gasteiger partial charge < -0.3 is 14.9 Å². The molecule has 1 aliphatic rings. The second-order valence-electron chi connectivity index (χ2n) is 5.67. The zero-order chi connectivity index (χ0) is 16.4. The Balaban J connectivity index is 1.77. The van der Waals surface area contributed by atoms with E-state index in [1.54, 1.807) is 25.4 Å². The van der Waals surface area contributed by atoms with Crippen LogP contribution in [0.2, 0.25) is 5.15 Å². The number of amides is 1. The van der Waals surface area contributed by atoms with Crippen LogP contribution in [0, 0.1) is 0 Å². The van der Waals surface area contributed by atoms with Crippen molar-refractivity contribution in [3.05, 3.63) is 23.5 Å². The first-order valence-corrected chi connectivity index (χ1v) is 7.92. The monoisotopic (exact) mass is 335 g/mol. The van der Waals surface area contributed by atoms with Crippen LogP contribution in [0.1, 0.15) is 19.3 Å². The van der Waals surface area contributed by atoms with Gasteiger partial charge in [-0.1, -0.05) is 11.6 Å². The van der Waals surface area contributed by atoms with Crippen molar-refractivity contribution in [3.63, 3.8) is 0 Å². The molecule has 0 radical (unpaired) electrons. The first-order valence-electron chi connectivity index (χ1n) is 7.54. The number of carbonyl (C=O) groups is 1. The fourth-order valence-corrected chi connectivity index (χ4v) is 3.02. The number of fused-ring (bicyclic) bond motifs is 1. The predicted molar refractivity (Wildman–Crippen MR) is 88.0 cm³/mol. The number of carboxylic acid groups (broad SMARTS) is 1. The lowest BCUT2D eigenvalue weighted by Crippen LogP contribution is -2.36. The zero-order valence-electron chi connectivity index (χ0n) is 12.8. The lowest BCUT2D eigenvalue weighted by Gasteiger charge is -2.25. The fourth-order valence-electron chi connectivity index (χ4n) is 2.88. The molecule has 1 saturated heterocycles. The molecule has 1 aliphatic heterocycles. The van der Waals surface area contributed by atoms with Gasteiger partial charge in [0.05, 0.1) is 6.20 Å². The first kappa shape index (κ1) is 15.7. The Labute approximate surface area is 138 Å². The molecule has 0 aromatic carbocycles. The molecule has 0 bridgehead atoms. The zero-order valence-corrected chi connectivity index (χ0v) is 13.6. The van der Waals surface area contributed by atoms with Crippen molar-refractivity contribution in [1.82, 2.24) is 19.9 Å². The van der Waals surface area contributed by atoms with Crippen LogP contribution in [0.4, 0.5) is 10.6 Å². The normalized spacial score (nSPS) is 18.7. The molecule has 8 heteroatoms. The van der Waals surface area contributed by atoms with Gasteiger partial charge in [0.1, 0.15) is 16.5 Å². The average Bonchev–Trinajstić information content (AvgIpc) is 2.79. The topological polar surface area (TPSA) is 82.5 Å². The molecular weight excluding hydrogens is 318 g/mol. The van der Waals surface area contributed by atoms with Crippen LogP contribution in [0.3, 0.4) is 0 Å². The van der Waals surface area contributed by atoms with Crippen LogP contribution < -0.4 is 4.90 Å². The maximum atomic E-state index is 11.1. The van der Waals surface area contributed by atoms with Crippen LogP contribution in [-0.2, 0) is 0 Å². The molecule has 2 aromatic heterocycles. The van der Waals surface area contributed by atoms with E-state index in [1.165, 1.54) is 4.90 Å². The van der Waals surface area contributed by atoms with Crippen LogP contribution in [-0.4, -0.2) is 57.2 Å². The summed E-state index contributed by atoms with van der Waals surface area (Å²) in [7, 11) is 1.63. The minimum atomic E-state index is -0.878. The van der Waals surface area contributed by atoms with Gasteiger partial charge in [0, 0.05) is 26.2 Å². The van der Waals surface area contributed by atoms with Gasteiger partial charge in [-0.25, -0.2) is 19.7 Å². The molecule has 1 unspecified atom stereocenters. The Morgan fingerprint density at radius 1 is 1.35 bits per heavy atom. The first-order chi connectivity index (χ1) is 11.0. The van der Waals surface area contributed by atoms with E-state index in [0.717, 1.165) is 38.2 Å². The molecule has 1 amide bonds. The Bertz CT molecular complexity index is 726. The highest BCUT2D eigenvalue weighted by atomic mass is 35.5. The van der Waals surface area contributed by atoms with Gasteiger partial charge in [-0.2, -0.15) is 0 Å². The van der Waals surface area contributed by atoms with Crippen LogP contribution >= 0.6 is 11.6 Å². The third-order valence-electron chi connectivity index (χ3n) is 4.23. The van der Waals surface area contributed by atoms with E-state index in [4.69, 9.17) is 16.7 Å². The number of hydrogen-bond donors (Lipinski definition) is 1. The molecule has 2 aromatic rings. The molecule has 3 heterocycles. The Morgan fingerprint density at radius 3 is 2.96 bits per heavy atom. The largest absolute Gasteiger partial charge is 0.465 e. The van der Waals surface area contributed by atoms with E-state index in [1.807, 2.05) is 0 Å². The number of aromatic nitrogens is 3. The molecule has 23 heavy (non-hydrogen) atoms. The molecule has 7 nitrogen and oxygen atoms in total. The number of pyridine rings is 1. The van der Waals surface area contributed by atoms with E-state index in [0.29, 0.717) is 16.3 Å². The van der Waals surface area contributed by atoms with Gasteiger partial charge in [-0.3, -0.25) is 0 Å². The molecular formula is C15H18ClN5O2. The molecule has 0 saturated carbocycles. The van der Waals surface area contributed by atoms with Crippen molar-refractivity contribution in [2.45, 2.75) is 25.3 Å². The van der Waals surface area contributed by atoms with Crippen molar-refractivity contribution in [2.24, 2.45) is 0 Å². The summed E-state index contributed by atoms with van der Waals surface area (Å²) < 4.78 is 0. The molecule has 0 aliphatic carbocycles. The van der Waals surface area contributed by atoms with Crippen molar-refractivity contribution < 1.29 is 9.90 Å². The fraction of sp³-hybridized carbons (Fsp3) is 0.467. The number of nitrogens with zero attached hydrogens (tertiary/aromatic N) is 5. The van der Waals surface area contributed by atoms with E-state index < -0.39 is 6.09 Å². The van der Waals surface area contributed by atoms with Gasteiger partial charge in [0.15, 0.2) is 5.65 Å². The Kier molecular flexibility index (Phi) is 4.47. The summed E-state index contributed by atoms with van der Waals surface area (Å²) in [6.45, 7) is 1.59. The van der Waals surface area contributed by atoms with Crippen LogP contribution in [0.15, 0.2) is 18.3 Å². The smallest absolute Gasteiger partial charge is 0.407 e. The second kappa shape index (κ2) is 6.54. The SMILES string of the molecule is CN(C(=O)O)C1CCCN(c2cnc3nc(Cl)ccc3n2)CC1. The minimum absolute atomic E-state index is 0.0476. The van der Waals surface area contributed by atoms with E-state index in [2.05, 4.69) is 19.9 Å². The van der Waals surface area contributed by atoms with Crippen LogP contribution in [0.25, 0.3) is 11.2 Å². The third-order valence-corrected chi connectivity index (χ3v) is 4.44. The molecule has 3 rings (SSSR count). The highest BCUT2D eigenvalue weighted by Gasteiger charge is 2.23. The minimum Gasteiger partial charge on any atom is -0.465 e. The van der Waals surface area contributed by atoms with Crippen molar-refractivity contribution in [2.75, 3.05) is 25.0 Å². The summed E-state index contributed by atoms with van der Waals surface area (Å²) in [4.78, 5) is 27.7. The van der Waals surface area contributed by atoms with Crippen molar-refractivity contribution >= 4 is 34.7 Å². The lowest BCUT2D eigenvalue weighted by atomic mass is 10.1. The molecule has 122 valence electrons. The Morgan fingerprint density at radius 2 is 2.17 bits per heavy atom. The molecule has 1 N–H and O–H groups in total.